The largest absolute Gasteiger partial charge is 0.497 e. The monoisotopic (exact) mass is 247 g/mol. The molecular weight excluding hydrogens is 230 g/mol. The summed E-state index contributed by atoms with van der Waals surface area (Å²) < 4.78 is 11.3. The predicted molar refractivity (Wildman–Crippen MR) is 67.4 cm³/mol. The van der Waals surface area contributed by atoms with Gasteiger partial charge in [0, 0.05) is 12.8 Å². The molecular formula is C14H17NO3. The number of rotatable bonds is 1. The summed E-state index contributed by atoms with van der Waals surface area (Å²) in [6.07, 6.45) is 2.27. The molecule has 0 radical (unpaired) electrons. The first-order valence-corrected chi connectivity index (χ1v) is 6.33. The van der Waals surface area contributed by atoms with E-state index in [4.69, 9.17) is 9.47 Å². The molecule has 2 aliphatic heterocycles. The second kappa shape index (κ2) is 4.28. The molecule has 0 atom stereocenters. The van der Waals surface area contributed by atoms with Gasteiger partial charge in [0.25, 0.3) is 0 Å². The average molecular weight is 247 g/mol. The molecule has 0 saturated carbocycles. The standard InChI is InChI=1S/C14H17NO3/c1-17-10-2-3-13-11(8-10)12(16)9-14(18-13)4-6-15-7-5-14/h2-3,8,15H,4-7,9H2,1H3. The van der Waals surface area contributed by atoms with Crippen LogP contribution in [0.5, 0.6) is 11.5 Å². The van der Waals surface area contributed by atoms with Crippen molar-refractivity contribution in [3.63, 3.8) is 0 Å². The number of piperidine rings is 1. The number of methoxy groups -OCH3 is 1. The fraction of sp³-hybridized carbons (Fsp3) is 0.500. The molecule has 0 unspecified atom stereocenters. The molecule has 1 fully saturated rings. The van der Waals surface area contributed by atoms with Gasteiger partial charge in [0.2, 0.25) is 0 Å². The summed E-state index contributed by atoms with van der Waals surface area (Å²) in [6, 6.07) is 5.45. The fourth-order valence-electron chi connectivity index (χ4n) is 2.76. The molecule has 3 rings (SSSR count). The zero-order chi connectivity index (χ0) is 12.6. The fourth-order valence-corrected chi connectivity index (χ4v) is 2.76. The van der Waals surface area contributed by atoms with Crippen molar-refractivity contribution in [2.24, 2.45) is 0 Å². The lowest BCUT2D eigenvalue weighted by molar-refractivity contribution is 0.0187. The van der Waals surface area contributed by atoms with Gasteiger partial charge < -0.3 is 14.8 Å². The van der Waals surface area contributed by atoms with E-state index in [0.29, 0.717) is 23.5 Å². The van der Waals surface area contributed by atoms with E-state index < -0.39 is 0 Å². The number of hydrogen-bond donors (Lipinski definition) is 1. The van der Waals surface area contributed by atoms with E-state index >= 15 is 0 Å². The Morgan fingerprint density at radius 1 is 1.33 bits per heavy atom. The van der Waals surface area contributed by atoms with Gasteiger partial charge in [-0.15, -0.1) is 0 Å². The van der Waals surface area contributed by atoms with Crippen molar-refractivity contribution in [2.75, 3.05) is 20.2 Å². The lowest BCUT2D eigenvalue weighted by Gasteiger charge is -2.40. The average Bonchev–Trinajstić information content (AvgIpc) is 2.39. The Bertz CT molecular complexity index is 478. The number of hydrogen-bond acceptors (Lipinski definition) is 4. The summed E-state index contributed by atoms with van der Waals surface area (Å²) in [5.41, 5.74) is 0.364. The molecule has 1 N–H and O–H groups in total. The molecule has 18 heavy (non-hydrogen) atoms. The van der Waals surface area contributed by atoms with Crippen molar-refractivity contribution in [3.8, 4) is 11.5 Å². The minimum atomic E-state index is -0.288. The van der Waals surface area contributed by atoms with E-state index in [0.717, 1.165) is 25.9 Å². The highest BCUT2D eigenvalue weighted by Gasteiger charge is 2.41. The van der Waals surface area contributed by atoms with Crippen molar-refractivity contribution in [1.29, 1.82) is 0 Å². The second-order valence-electron chi connectivity index (χ2n) is 5.00. The molecule has 0 aliphatic carbocycles. The van der Waals surface area contributed by atoms with Crippen LogP contribution in [0.25, 0.3) is 0 Å². The third-order valence-electron chi connectivity index (χ3n) is 3.81. The second-order valence-corrected chi connectivity index (χ2v) is 5.00. The number of ether oxygens (including phenoxy) is 2. The van der Waals surface area contributed by atoms with Gasteiger partial charge in [0.15, 0.2) is 5.78 Å². The highest BCUT2D eigenvalue weighted by Crippen LogP contribution is 2.39. The zero-order valence-corrected chi connectivity index (χ0v) is 10.5. The van der Waals surface area contributed by atoms with Crippen LogP contribution in [0.2, 0.25) is 0 Å². The van der Waals surface area contributed by atoms with Gasteiger partial charge in [0.1, 0.15) is 17.1 Å². The maximum atomic E-state index is 12.3. The molecule has 1 spiro atoms. The zero-order valence-electron chi connectivity index (χ0n) is 10.5. The topological polar surface area (TPSA) is 47.6 Å². The van der Waals surface area contributed by atoms with Crippen LogP contribution in [0.4, 0.5) is 0 Å². The van der Waals surface area contributed by atoms with Crippen LogP contribution in [-0.2, 0) is 0 Å². The lowest BCUT2D eigenvalue weighted by Crippen LogP contribution is -2.49. The maximum absolute atomic E-state index is 12.3. The van der Waals surface area contributed by atoms with Gasteiger partial charge >= 0.3 is 0 Å². The van der Waals surface area contributed by atoms with Gasteiger partial charge in [-0.3, -0.25) is 4.79 Å². The van der Waals surface area contributed by atoms with Gasteiger partial charge in [-0.1, -0.05) is 0 Å². The maximum Gasteiger partial charge on any atom is 0.170 e. The van der Waals surface area contributed by atoms with E-state index in [9.17, 15) is 4.79 Å². The molecule has 2 aliphatic rings. The Hall–Kier alpha value is -1.55. The molecule has 96 valence electrons. The van der Waals surface area contributed by atoms with E-state index in [1.807, 2.05) is 12.1 Å². The Labute approximate surface area is 106 Å². The lowest BCUT2D eigenvalue weighted by atomic mass is 9.83. The number of ketones is 1. The predicted octanol–water partition coefficient (Wildman–Crippen LogP) is 1.78. The summed E-state index contributed by atoms with van der Waals surface area (Å²) >= 11 is 0. The molecule has 0 amide bonds. The summed E-state index contributed by atoms with van der Waals surface area (Å²) in [7, 11) is 1.60. The highest BCUT2D eigenvalue weighted by atomic mass is 16.5. The SMILES string of the molecule is COc1ccc2c(c1)C(=O)CC1(CCNCC1)O2. The van der Waals surface area contributed by atoms with Crippen LogP contribution in [-0.4, -0.2) is 31.6 Å². The first-order valence-electron chi connectivity index (χ1n) is 6.33. The molecule has 0 bridgehead atoms. The summed E-state index contributed by atoms with van der Waals surface area (Å²) in [4.78, 5) is 12.3. The number of fused-ring (bicyclic) bond motifs is 1. The van der Waals surface area contributed by atoms with Gasteiger partial charge in [-0.05, 0) is 31.3 Å². The molecule has 1 aromatic carbocycles. The Morgan fingerprint density at radius 3 is 2.83 bits per heavy atom. The third-order valence-corrected chi connectivity index (χ3v) is 3.81. The first kappa shape index (κ1) is 11.5. The van der Waals surface area contributed by atoms with E-state index in [1.165, 1.54) is 0 Å². The smallest absolute Gasteiger partial charge is 0.170 e. The van der Waals surface area contributed by atoms with E-state index in [-0.39, 0.29) is 11.4 Å². The molecule has 0 aromatic heterocycles. The number of carbonyl (C=O) groups excluding carboxylic acids is 1. The quantitative estimate of drug-likeness (QED) is 0.821. The number of Topliss-reactive ketones (excluding diaryl/α,β-unsaturated/α-hetero) is 1. The van der Waals surface area contributed by atoms with Crippen LogP contribution >= 0.6 is 0 Å². The normalized spacial score (nSPS) is 21.3. The number of benzene rings is 1. The summed E-state index contributed by atoms with van der Waals surface area (Å²) in [5, 5.41) is 3.30. The molecule has 4 heteroatoms. The molecule has 1 saturated heterocycles. The van der Waals surface area contributed by atoms with Crippen molar-refractivity contribution < 1.29 is 14.3 Å². The highest BCUT2D eigenvalue weighted by molar-refractivity contribution is 6.00. The van der Waals surface area contributed by atoms with Crippen molar-refractivity contribution >= 4 is 5.78 Å². The van der Waals surface area contributed by atoms with Gasteiger partial charge in [-0.25, -0.2) is 0 Å². The van der Waals surface area contributed by atoms with Crippen molar-refractivity contribution in [2.45, 2.75) is 24.9 Å². The summed E-state index contributed by atoms with van der Waals surface area (Å²) in [5.74, 6) is 1.57. The third kappa shape index (κ3) is 1.86. The van der Waals surface area contributed by atoms with Crippen LogP contribution in [0.3, 0.4) is 0 Å². The van der Waals surface area contributed by atoms with E-state index in [2.05, 4.69) is 5.32 Å². The van der Waals surface area contributed by atoms with Gasteiger partial charge in [-0.2, -0.15) is 0 Å². The number of nitrogens with one attached hydrogen (secondary N) is 1. The number of carbonyl (C=O) groups is 1. The Kier molecular flexibility index (Phi) is 2.74. The van der Waals surface area contributed by atoms with Crippen LogP contribution in [0.1, 0.15) is 29.6 Å². The van der Waals surface area contributed by atoms with Crippen molar-refractivity contribution in [1.82, 2.24) is 5.32 Å². The summed E-state index contributed by atoms with van der Waals surface area (Å²) in [6.45, 7) is 1.83. The molecule has 2 heterocycles. The van der Waals surface area contributed by atoms with Gasteiger partial charge in [0.05, 0.1) is 19.1 Å². The Balaban J connectivity index is 1.95. The Morgan fingerprint density at radius 2 is 2.11 bits per heavy atom. The first-order chi connectivity index (χ1) is 8.72. The minimum absolute atomic E-state index is 0.164. The van der Waals surface area contributed by atoms with Crippen LogP contribution < -0.4 is 14.8 Å². The van der Waals surface area contributed by atoms with E-state index in [1.54, 1.807) is 13.2 Å². The minimum Gasteiger partial charge on any atom is -0.497 e. The molecule has 4 nitrogen and oxygen atoms in total. The molecule has 1 aromatic rings. The van der Waals surface area contributed by atoms with Crippen molar-refractivity contribution in [3.05, 3.63) is 23.8 Å². The van der Waals surface area contributed by atoms with Crippen LogP contribution in [0, 0.1) is 0 Å². The van der Waals surface area contributed by atoms with Crippen LogP contribution in [0.15, 0.2) is 18.2 Å².